The average Bonchev–Trinajstić information content (AvgIpc) is 3.07. The van der Waals surface area contributed by atoms with Gasteiger partial charge in [0.1, 0.15) is 0 Å². The molecule has 0 aromatic carbocycles. The Morgan fingerprint density at radius 2 is 2.37 bits per heavy atom. The van der Waals surface area contributed by atoms with E-state index in [9.17, 15) is 0 Å². The minimum absolute atomic E-state index is 0.190. The first kappa shape index (κ1) is 12.3. The Labute approximate surface area is 114 Å². The second-order valence-electron chi connectivity index (χ2n) is 4.38. The number of thiophene rings is 1. The van der Waals surface area contributed by atoms with Crippen molar-refractivity contribution in [2.75, 3.05) is 0 Å². The third-order valence-corrected chi connectivity index (χ3v) is 3.77. The lowest BCUT2D eigenvalue weighted by Gasteiger charge is -2.02. The highest BCUT2D eigenvalue weighted by Gasteiger charge is 2.15. The topological polar surface area (TPSA) is 77.8 Å². The molecule has 98 valence electrons. The first-order valence-electron chi connectivity index (χ1n) is 6.20. The van der Waals surface area contributed by atoms with Crippen LogP contribution in [0.1, 0.15) is 31.7 Å². The minimum Gasteiger partial charge on any atom is -0.337 e. The van der Waals surface area contributed by atoms with Gasteiger partial charge in [-0.2, -0.15) is 4.98 Å². The molecule has 0 unspecified atom stereocenters. The fourth-order valence-corrected chi connectivity index (χ4v) is 2.69. The lowest BCUT2D eigenvalue weighted by molar-refractivity contribution is 0.348. The zero-order chi connectivity index (χ0) is 13.2. The minimum atomic E-state index is -0.190. The molecule has 0 saturated heterocycles. The fourth-order valence-electron chi connectivity index (χ4n) is 1.91. The maximum atomic E-state index is 5.96. The number of aromatic nitrogens is 3. The second-order valence-corrected chi connectivity index (χ2v) is 5.33. The zero-order valence-corrected chi connectivity index (χ0v) is 11.4. The predicted octanol–water partition coefficient (Wildman–Crippen LogP) is 3.15. The molecule has 5 nitrogen and oxygen atoms in total. The molecule has 3 heterocycles. The van der Waals surface area contributed by atoms with Crippen LogP contribution >= 0.6 is 11.3 Å². The van der Waals surface area contributed by atoms with Crippen molar-refractivity contribution in [3.63, 3.8) is 0 Å². The van der Waals surface area contributed by atoms with Gasteiger partial charge in [0, 0.05) is 11.8 Å². The van der Waals surface area contributed by atoms with Crippen LogP contribution in [-0.2, 0) is 0 Å². The standard InChI is InChI=1S/C13H14N4OS/c1-2-3-9(14)13-16-12(17-18-13)8-6-11-10(15-7-8)4-5-19-11/h4-7,9H,2-3,14H2,1H3/t9-/m0/s1. The molecule has 2 N–H and O–H groups in total. The van der Waals surface area contributed by atoms with Gasteiger partial charge in [0.05, 0.1) is 16.3 Å². The van der Waals surface area contributed by atoms with Crippen molar-refractivity contribution in [2.24, 2.45) is 5.73 Å². The molecule has 6 heteroatoms. The van der Waals surface area contributed by atoms with E-state index in [0.29, 0.717) is 11.7 Å². The zero-order valence-electron chi connectivity index (χ0n) is 10.5. The van der Waals surface area contributed by atoms with Crippen LogP contribution in [0.15, 0.2) is 28.2 Å². The average molecular weight is 274 g/mol. The van der Waals surface area contributed by atoms with Gasteiger partial charge in [-0.1, -0.05) is 18.5 Å². The van der Waals surface area contributed by atoms with Crippen molar-refractivity contribution in [3.8, 4) is 11.4 Å². The van der Waals surface area contributed by atoms with Gasteiger partial charge in [0.25, 0.3) is 0 Å². The van der Waals surface area contributed by atoms with Crippen molar-refractivity contribution < 1.29 is 4.52 Å². The Kier molecular flexibility index (Phi) is 3.27. The van der Waals surface area contributed by atoms with E-state index in [1.165, 1.54) is 0 Å². The molecule has 0 radical (unpaired) electrons. The molecule has 0 saturated carbocycles. The Hall–Kier alpha value is -1.79. The molecule has 3 aromatic rings. The first-order chi connectivity index (χ1) is 9.28. The molecule has 0 aliphatic heterocycles. The van der Waals surface area contributed by atoms with Crippen molar-refractivity contribution in [1.82, 2.24) is 15.1 Å². The lowest BCUT2D eigenvalue weighted by Crippen LogP contribution is -2.09. The maximum absolute atomic E-state index is 5.96. The summed E-state index contributed by atoms with van der Waals surface area (Å²) >= 11 is 1.64. The quantitative estimate of drug-likeness (QED) is 0.790. The third kappa shape index (κ3) is 2.36. The second kappa shape index (κ2) is 5.07. The highest BCUT2D eigenvalue weighted by molar-refractivity contribution is 7.17. The SMILES string of the molecule is CCC[C@H](N)c1nc(-c2cnc3ccsc3c2)no1. The normalized spacial score (nSPS) is 12.9. The fraction of sp³-hybridized carbons (Fsp3) is 0.308. The molecule has 0 aliphatic rings. The highest BCUT2D eigenvalue weighted by atomic mass is 32.1. The summed E-state index contributed by atoms with van der Waals surface area (Å²) in [5.74, 6) is 1.03. The number of nitrogens with two attached hydrogens (primary N) is 1. The van der Waals surface area contributed by atoms with Crippen molar-refractivity contribution in [1.29, 1.82) is 0 Å². The van der Waals surface area contributed by atoms with Crippen LogP contribution in [0.25, 0.3) is 21.6 Å². The number of fused-ring (bicyclic) bond motifs is 1. The summed E-state index contributed by atoms with van der Waals surface area (Å²) in [5, 5.41) is 5.99. The van der Waals surface area contributed by atoms with E-state index in [2.05, 4.69) is 22.0 Å². The van der Waals surface area contributed by atoms with E-state index in [-0.39, 0.29) is 6.04 Å². The van der Waals surface area contributed by atoms with Gasteiger partial charge in [-0.3, -0.25) is 4.98 Å². The molecule has 19 heavy (non-hydrogen) atoms. The maximum Gasteiger partial charge on any atom is 0.243 e. The summed E-state index contributed by atoms with van der Waals surface area (Å²) in [5.41, 5.74) is 7.80. The number of hydrogen-bond acceptors (Lipinski definition) is 6. The number of rotatable bonds is 4. The van der Waals surface area contributed by atoms with Crippen LogP contribution < -0.4 is 5.73 Å². The van der Waals surface area contributed by atoms with Crippen LogP contribution in [0.2, 0.25) is 0 Å². The lowest BCUT2D eigenvalue weighted by atomic mass is 10.2. The molecule has 3 aromatic heterocycles. The van der Waals surface area contributed by atoms with E-state index < -0.39 is 0 Å². The Morgan fingerprint density at radius 1 is 1.47 bits per heavy atom. The van der Waals surface area contributed by atoms with Crippen LogP contribution in [0.5, 0.6) is 0 Å². The molecular weight excluding hydrogens is 260 g/mol. The van der Waals surface area contributed by atoms with Gasteiger partial charge in [0.2, 0.25) is 11.7 Å². The molecule has 0 fully saturated rings. The Balaban J connectivity index is 1.93. The largest absolute Gasteiger partial charge is 0.337 e. The van der Waals surface area contributed by atoms with Gasteiger partial charge < -0.3 is 10.3 Å². The number of hydrogen-bond donors (Lipinski definition) is 1. The number of nitrogens with zero attached hydrogens (tertiary/aromatic N) is 3. The van der Waals surface area contributed by atoms with Crippen molar-refractivity contribution in [2.45, 2.75) is 25.8 Å². The highest BCUT2D eigenvalue weighted by Crippen LogP contribution is 2.25. The van der Waals surface area contributed by atoms with Gasteiger partial charge >= 0.3 is 0 Å². The monoisotopic (exact) mass is 274 g/mol. The summed E-state index contributed by atoms with van der Waals surface area (Å²) < 4.78 is 6.33. The van der Waals surface area contributed by atoms with Crippen LogP contribution in [0.3, 0.4) is 0 Å². The summed E-state index contributed by atoms with van der Waals surface area (Å²) in [6, 6.07) is 3.82. The first-order valence-corrected chi connectivity index (χ1v) is 7.08. The Bertz CT molecular complexity index is 691. The van der Waals surface area contributed by atoms with Gasteiger partial charge in [-0.25, -0.2) is 0 Å². The molecule has 3 rings (SSSR count). The smallest absolute Gasteiger partial charge is 0.243 e. The van der Waals surface area contributed by atoms with E-state index in [1.54, 1.807) is 17.5 Å². The summed E-state index contributed by atoms with van der Waals surface area (Å²) in [7, 11) is 0. The van der Waals surface area contributed by atoms with E-state index in [4.69, 9.17) is 10.3 Å². The van der Waals surface area contributed by atoms with E-state index >= 15 is 0 Å². The summed E-state index contributed by atoms with van der Waals surface area (Å²) in [6.07, 6.45) is 3.58. The molecule has 1 atom stereocenters. The predicted molar refractivity (Wildman–Crippen MR) is 74.7 cm³/mol. The molecule has 0 amide bonds. The van der Waals surface area contributed by atoms with Crippen LogP contribution in [-0.4, -0.2) is 15.1 Å². The Morgan fingerprint density at radius 3 is 3.21 bits per heavy atom. The molecule has 0 aliphatic carbocycles. The van der Waals surface area contributed by atoms with E-state index in [1.807, 2.05) is 17.5 Å². The van der Waals surface area contributed by atoms with Crippen molar-refractivity contribution >= 4 is 21.6 Å². The van der Waals surface area contributed by atoms with Crippen LogP contribution in [0, 0.1) is 0 Å². The summed E-state index contributed by atoms with van der Waals surface area (Å²) in [4.78, 5) is 8.72. The molecule has 0 bridgehead atoms. The van der Waals surface area contributed by atoms with Crippen LogP contribution in [0.4, 0.5) is 0 Å². The molecular formula is C13H14N4OS. The third-order valence-electron chi connectivity index (χ3n) is 2.92. The van der Waals surface area contributed by atoms with Crippen molar-refractivity contribution in [3.05, 3.63) is 29.6 Å². The van der Waals surface area contributed by atoms with E-state index in [0.717, 1.165) is 28.6 Å². The van der Waals surface area contributed by atoms with Gasteiger partial charge in [-0.05, 0) is 23.9 Å². The van der Waals surface area contributed by atoms with Gasteiger partial charge in [-0.15, -0.1) is 11.3 Å². The summed E-state index contributed by atoms with van der Waals surface area (Å²) in [6.45, 7) is 2.08. The van der Waals surface area contributed by atoms with Gasteiger partial charge in [0.15, 0.2) is 0 Å². The molecule has 0 spiro atoms. The number of pyridine rings is 1.